The molecule has 0 aliphatic heterocycles. The first-order chi connectivity index (χ1) is 8.54. The molecule has 1 aromatic rings. The molecule has 0 aliphatic rings. The van der Waals surface area contributed by atoms with E-state index in [1.165, 1.54) is 6.08 Å². The van der Waals surface area contributed by atoms with Crippen molar-refractivity contribution in [1.29, 1.82) is 0 Å². The average Bonchev–Trinajstić information content (AvgIpc) is 2.71. The zero-order valence-electron chi connectivity index (χ0n) is 9.75. The molecule has 0 saturated heterocycles. The fraction of sp³-hybridized carbons (Fsp3) is 0.400. The molecule has 18 heavy (non-hydrogen) atoms. The number of hydrogen-bond acceptors (Lipinski definition) is 6. The fourth-order valence-corrected chi connectivity index (χ4v) is 1.15. The minimum Gasteiger partial charge on any atom is -0.480 e. The summed E-state index contributed by atoms with van der Waals surface area (Å²) in [6.45, 7) is 5.00. The first-order valence-corrected chi connectivity index (χ1v) is 5.09. The van der Waals surface area contributed by atoms with Crippen molar-refractivity contribution in [1.82, 2.24) is 15.6 Å². The van der Waals surface area contributed by atoms with Gasteiger partial charge in [-0.05, 0) is 6.92 Å². The number of nitrogens with one attached hydrogen (secondary N) is 1. The van der Waals surface area contributed by atoms with Crippen LogP contribution >= 0.6 is 0 Å². The Morgan fingerprint density at radius 3 is 2.83 bits per heavy atom. The molecule has 98 valence electrons. The molecule has 1 aromatic heterocycles. The van der Waals surface area contributed by atoms with Crippen LogP contribution in [0.25, 0.3) is 0 Å². The second-order valence-electron chi connectivity index (χ2n) is 3.42. The zero-order chi connectivity index (χ0) is 13.5. The average molecular weight is 255 g/mol. The van der Waals surface area contributed by atoms with Crippen molar-refractivity contribution in [3.05, 3.63) is 24.0 Å². The second kappa shape index (κ2) is 6.38. The van der Waals surface area contributed by atoms with Gasteiger partial charge in [0, 0.05) is 6.42 Å². The van der Waals surface area contributed by atoms with E-state index in [9.17, 15) is 9.59 Å². The number of aliphatic carboxylic acids is 1. The van der Waals surface area contributed by atoms with E-state index >= 15 is 0 Å². The largest absolute Gasteiger partial charge is 0.480 e. The van der Waals surface area contributed by atoms with Crippen molar-refractivity contribution < 1.29 is 24.1 Å². The van der Waals surface area contributed by atoms with Crippen LogP contribution < -0.4 is 5.32 Å². The molecule has 2 N–H and O–H groups in total. The molecule has 0 saturated carbocycles. The third kappa shape index (κ3) is 3.89. The highest BCUT2D eigenvalue weighted by molar-refractivity contribution is 5.80. The topological polar surface area (TPSA) is 115 Å². The minimum atomic E-state index is -1.20. The summed E-state index contributed by atoms with van der Waals surface area (Å²) in [7, 11) is 0. The van der Waals surface area contributed by atoms with E-state index in [1.54, 1.807) is 6.92 Å². The SMILES string of the molecule is C=CCOC(=O)NC(Cc1nonc1C)C(=O)O. The van der Waals surface area contributed by atoms with Crippen LogP contribution in [-0.4, -0.2) is 40.1 Å². The van der Waals surface area contributed by atoms with Gasteiger partial charge < -0.3 is 15.2 Å². The standard InChI is InChI=1S/C10H13N3O5/c1-3-4-17-10(16)11-8(9(14)15)5-7-6(2)12-18-13-7/h3,8H,1,4-5H2,2H3,(H,11,16)(H,14,15). The Balaban J connectivity index is 2.61. The summed E-state index contributed by atoms with van der Waals surface area (Å²) < 4.78 is 9.08. The van der Waals surface area contributed by atoms with Crippen molar-refractivity contribution in [2.45, 2.75) is 19.4 Å². The van der Waals surface area contributed by atoms with E-state index in [1.807, 2.05) is 0 Å². The summed E-state index contributed by atoms with van der Waals surface area (Å²) in [6, 6.07) is -1.16. The lowest BCUT2D eigenvalue weighted by atomic mass is 10.1. The molecular weight excluding hydrogens is 242 g/mol. The maximum atomic E-state index is 11.2. The Bertz CT molecular complexity index is 442. The molecule has 8 nitrogen and oxygen atoms in total. The maximum Gasteiger partial charge on any atom is 0.408 e. The van der Waals surface area contributed by atoms with Crippen molar-refractivity contribution >= 4 is 12.1 Å². The predicted molar refractivity (Wildman–Crippen MR) is 58.8 cm³/mol. The Labute approximate surface area is 103 Å². The van der Waals surface area contributed by atoms with Gasteiger partial charge in [0.15, 0.2) is 0 Å². The van der Waals surface area contributed by atoms with Gasteiger partial charge >= 0.3 is 12.1 Å². The predicted octanol–water partition coefficient (Wildman–Crippen LogP) is 0.286. The quantitative estimate of drug-likeness (QED) is 0.702. The molecule has 1 heterocycles. The summed E-state index contributed by atoms with van der Waals surface area (Å²) in [5.41, 5.74) is 0.842. The van der Waals surface area contributed by atoms with Crippen LogP contribution in [0.1, 0.15) is 11.4 Å². The van der Waals surface area contributed by atoms with Gasteiger partial charge in [0.25, 0.3) is 0 Å². The molecule has 1 unspecified atom stereocenters. The fourth-order valence-electron chi connectivity index (χ4n) is 1.15. The number of carbonyl (C=O) groups excluding carboxylic acids is 1. The van der Waals surface area contributed by atoms with Gasteiger partial charge in [0.1, 0.15) is 24.0 Å². The van der Waals surface area contributed by atoms with Crippen LogP contribution in [-0.2, 0) is 16.0 Å². The molecule has 0 radical (unpaired) electrons. The number of aromatic nitrogens is 2. The van der Waals surface area contributed by atoms with Gasteiger partial charge in [-0.15, -0.1) is 0 Å². The van der Waals surface area contributed by atoms with Gasteiger partial charge in [-0.3, -0.25) is 0 Å². The zero-order valence-corrected chi connectivity index (χ0v) is 9.75. The lowest BCUT2D eigenvalue weighted by Gasteiger charge is -2.12. The maximum absolute atomic E-state index is 11.2. The number of carboxylic acid groups (broad SMARTS) is 1. The summed E-state index contributed by atoms with van der Waals surface area (Å²) >= 11 is 0. The highest BCUT2D eigenvalue weighted by Gasteiger charge is 2.23. The smallest absolute Gasteiger partial charge is 0.408 e. The number of carboxylic acids is 1. The van der Waals surface area contributed by atoms with Gasteiger partial charge in [-0.2, -0.15) is 0 Å². The summed E-state index contributed by atoms with van der Waals surface area (Å²) in [6.07, 6.45) is 0.506. The van der Waals surface area contributed by atoms with Crippen molar-refractivity contribution in [3.63, 3.8) is 0 Å². The Morgan fingerprint density at radius 2 is 2.33 bits per heavy atom. The van der Waals surface area contributed by atoms with E-state index in [0.717, 1.165) is 0 Å². The first-order valence-electron chi connectivity index (χ1n) is 5.09. The van der Waals surface area contributed by atoms with Crippen molar-refractivity contribution in [2.24, 2.45) is 0 Å². The van der Waals surface area contributed by atoms with Gasteiger partial charge in [0.2, 0.25) is 0 Å². The van der Waals surface area contributed by atoms with Gasteiger partial charge in [0.05, 0.1) is 0 Å². The monoisotopic (exact) mass is 255 g/mol. The number of amides is 1. The highest BCUT2D eigenvalue weighted by atomic mass is 16.6. The molecule has 0 bridgehead atoms. The van der Waals surface area contributed by atoms with Crippen LogP contribution in [0.5, 0.6) is 0 Å². The third-order valence-corrected chi connectivity index (χ3v) is 2.07. The number of ether oxygens (including phenoxy) is 1. The summed E-state index contributed by atoms with van der Waals surface area (Å²) in [4.78, 5) is 22.2. The van der Waals surface area contributed by atoms with E-state index in [2.05, 4.69) is 31.6 Å². The number of alkyl carbamates (subject to hydrolysis) is 1. The van der Waals surface area contributed by atoms with Crippen LogP contribution in [0.4, 0.5) is 4.79 Å². The van der Waals surface area contributed by atoms with E-state index in [-0.39, 0.29) is 13.0 Å². The number of aryl methyl sites for hydroxylation is 1. The molecule has 0 fully saturated rings. The molecule has 0 spiro atoms. The van der Waals surface area contributed by atoms with Crippen molar-refractivity contribution in [3.8, 4) is 0 Å². The Morgan fingerprint density at radius 1 is 1.61 bits per heavy atom. The summed E-state index contributed by atoms with van der Waals surface area (Å²) in [5.74, 6) is -1.20. The number of hydrogen-bond donors (Lipinski definition) is 2. The lowest BCUT2D eigenvalue weighted by molar-refractivity contribution is -0.139. The van der Waals surface area contributed by atoms with Crippen LogP contribution in [0.3, 0.4) is 0 Å². The molecule has 1 atom stereocenters. The number of carbonyl (C=O) groups is 2. The van der Waals surface area contributed by atoms with Crippen LogP contribution in [0, 0.1) is 6.92 Å². The molecule has 0 aromatic carbocycles. The minimum absolute atomic E-state index is 0.00269. The molecule has 0 aliphatic carbocycles. The van der Waals surface area contributed by atoms with Gasteiger partial charge in [-0.1, -0.05) is 23.0 Å². The number of rotatable bonds is 6. The lowest BCUT2D eigenvalue weighted by Crippen LogP contribution is -2.42. The van der Waals surface area contributed by atoms with Gasteiger partial charge in [-0.25, -0.2) is 14.2 Å². The molecule has 1 amide bonds. The molecule has 8 heteroatoms. The third-order valence-electron chi connectivity index (χ3n) is 2.07. The normalized spacial score (nSPS) is 11.6. The van der Waals surface area contributed by atoms with E-state index < -0.39 is 18.1 Å². The first kappa shape index (κ1) is 13.7. The van der Waals surface area contributed by atoms with E-state index in [0.29, 0.717) is 11.4 Å². The van der Waals surface area contributed by atoms with Crippen LogP contribution in [0.15, 0.2) is 17.3 Å². The number of nitrogens with zero attached hydrogens (tertiary/aromatic N) is 2. The highest BCUT2D eigenvalue weighted by Crippen LogP contribution is 2.05. The molecule has 1 rings (SSSR count). The second-order valence-corrected chi connectivity index (χ2v) is 3.42. The summed E-state index contributed by atoms with van der Waals surface area (Å²) in [5, 5.41) is 18.2. The van der Waals surface area contributed by atoms with Crippen molar-refractivity contribution in [2.75, 3.05) is 6.61 Å². The van der Waals surface area contributed by atoms with E-state index in [4.69, 9.17) is 5.11 Å². The van der Waals surface area contributed by atoms with Crippen LogP contribution in [0.2, 0.25) is 0 Å². The Kier molecular flexibility index (Phi) is 4.85. The Hall–Kier alpha value is -2.38. The molecular formula is C10H13N3O5.